The van der Waals surface area contributed by atoms with Gasteiger partial charge in [-0.05, 0) is 37.6 Å². The lowest BCUT2D eigenvalue weighted by atomic mass is 10.1. The average molecular weight is 275 g/mol. The lowest BCUT2D eigenvalue weighted by Crippen LogP contribution is -2.22. The van der Waals surface area contributed by atoms with Gasteiger partial charge in [0.1, 0.15) is 5.75 Å². The summed E-state index contributed by atoms with van der Waals surface area (Å²) in [5, 5.41) is 2.85. The third-order valence-corrected chi connectivity index (χ3v) is 3.83. The van der Waals surface area contributed by atoms with Gasteiger partial charge in [-0.15, -0.1) is 11.3 Å². The highest BCUT2D eigenvalue weighted by molar-refractivity contribution is 7.14. The smallest absolute Gasteiger partial charge is 0.261 e. The van der Waals surface area contributed by atoms with E-state index in [-0.39, 0.29) is 5.91 Å². The molecule has 0 saturated carbocycles. The molecule has 0 radical (unpaired) electrons. The van der Waals surface area contributed by atoms with E-state index in [0.717, 1.165) is 26.6 Å². The fraction of sp³-hybridized carbons (Fsp3) is 0.267. The molecule has 0 unspecified atom stereocenters. The molecule has 0 bridgehead atoms. The highest BCUT2D eigenvalue weighted by atomic mass is 32.1. The van der Waals surface area contributed by atoms with Crippen molar-refractivity contribution in [1.29, 1.82) is 0 Å². The molecule has 1 heterocycles. The van der Waals surface area contributed by atoms with E-state index in [2.05, 4.69) is 5.32 Å². The molecule has 1 aromatic heterocycles. The fourth-order valence-electron chi connectivity index (χ4n) is 1.93. The number of carbonyl (C=O) groups is 1. The minimum Gasteiger partial charge on any atom is -0.497 e. The van der Waals surface area contributed by atoms with Crippen LogP contribution in [0.15, 0.2) is 30.3 Å². The van der Waals surface area contributed by atoms with Crippen LogP contribution in [0.25, 0.3) is 11.1 Å². The number of nitrogens with one attached hydrogen (secondary N) is 1. The molecular formula is C15H17NO2S. The van der Waals surface area contributed by atoms with Crippen molar-refractivity contribution < 1.29 is 9.53 Å². The van der Waals surface area contributed by atoms with Crippen molar-refractivity contribution >= 4 is 17.2 Å². The van der Waals surface area contributed by atoms with Crippen LogP contribution in [-0.4, -0.2) is 19.6 Å². The number of thiophene rings is 1. The van der Waals surface area contributed by atoms with Crippen molar-refractivity contribution in [2.45, 2.75) is 13.8 Å². The van der Waals surface area contributed by atoms with Crippen LogP contribution >= 0.6 is 11.3 Å². The van der Waals surface area contributed by atoms with Crippen molar-refractivity contribution in [2.75, 3.05) is 13.7 Å². The summed E-state index contributed by atoms with van der Waals surface area (Å²) in [5.74, 6) is 0.779. The molecule has 1 aromatic carbocycles. The summed E-state index contributed by atoms with van der Waals surface area (Å²) < 4.78 is 5.23. The summed E-state index contributed by atoms with van der Waals surface area (Å²) in [6.07, 6.45) is 0. The van der Waals surface area contributed by atoms with E-state index in [4.69, 9.17) is 4.74 Å². The van der Waals surface area contributed by atoms with E-state index >= 15 is 0 Å². The maximum absolute atomic E-state index is 12.1. The third-order valence-electron chi connectivity index (χ3n) is 2.78. The Morgan fingerprint density at radius 2 is 2.16 bits per heavy atom. The zero-order valence-corrected chi connectivity index (χ0v) is 12.1. The van der Waals surface area contributed by atoms with Crippen LogP contribution in [0.4, 0.5) is 0 Å². The number of hydrogen-bond donors (Lipinski definition) is 1. The van der Waals surface area contributed by atoms with Crippen LogP contribution in [0.3, 0.4) is 0 Å². The molecule has 1 amide bonds. The number of ether oxygens (including phenoxy) is 1. The molecule has 0 fully saturated rings. The van der Waals surface area contributed by atoms with Crippen molar-refractivity contribution in [3.63, 3.8) is 0 Å². The summed E-state index contributed by atoms with van der Waals surface area (Å²) in [5.41, 5.74) is 1.97. The summed E-state index contributed by atoms with van der Waals surface area (Å²) in [4.78, 5) is 14.0. The van der Waals surface area contributed by atoms with Crippen LogP contribution in [0.2, 0.25) is 0 Å². The Morgan fingerprint density at radius 3 is 2.84 bits per heavy atom. The average Bonchev–Trinajstić information content (AvgIpc) is 2.81. The van der Waals surface area contributed by atoms with Crippen LogP contribution in [-0.2, 0) is 0 Å². The van der Waals surface area contributed by atoms with Gasteiger partial charge in [0.2, 0.25) is 0 Å². The lowest BCUT2D eigenvalue weighted by molar-refractivity contribution is 0.0960. The molecule has 100 valence electrons. The first-order chi connectivity index (χ1) is 9.15. The standard InChI is InChI=1S/C15H17NO2S/c1-4-16-15(17)14-13(8-10(2)19-14)11-6-5-7-12(9-11)18-3/h5-9H,4H2,1-3H3,(H,16,17). The van der Waals surface area contributed by atoms with E-state index < -0.39 is 0 Å². The second kappa shape index (κ2) is 5.89. The maximum Gasteiger partial charge on any atom is 0.261 e. The van der Waals surface area contributed by atoms with Gasteiger partial charge in [0.25, 0.3) is 5.91 Å². The van der Waals surface area contributed by atoms with Gasteiger partial charge in [-0.2, -0.15) is 0 Å². The number of benzene rings is 1. The second-order valence-corrected chi connectivity index (χ2v) is 5.45. The Bertz CT molecular complexity index is 590. The van der Waals surface area contributed by atoms with Crippen LogP contribution in [0.1, 0.15) is 21.5 Å². The van der Waals surface area contributed by atoms with E-state index in [0.29, 0.717) is 6.54 Å². The van der Waals surface area contributed by atoms with Gasteiger partial charge in [0, 0.05) is 17.0 Å². The third kappa shape index (κ3) is 2.96. The molecule has 0 spiro atoms. The van der Waals surface area contributed by atoms with Gasteiger partial charge in [-0.25, -0.2) is 0 Å². The van der Waals surface area contributed by atoms with Gasteiger partial charge >= 0.3 is 0 Å². The van der Waals surface area contributed by atoms with Crippen molar-refractivity contribution in [3.8, 4) is 16.9 Å². The molecule has 1 N–H and O–H groups in total. The van der Waals surface area contributed by atoms with Gasteiger partial charge < -0.3 is 10.1 Å². The van der Waals surface area contributed by atoms with Crippen molar-refractivity contribution in [3.05, 3.63) is 40.1 Å². The van der Waals surface area contributed by atoms with Crippen LogP contribution < -0.4 is 10.1 Å². The predicted molar refractivity (Wildman–Crippen MR) is 79.1 cm³/mol. The maximum atomic E-state index is 12.1. The Labute approximate surface area is 117 Å². The molecule has 4 heteroatoms. The topological polar surface area (TPSA) is 38.3 Å². The molecule has 0 aliphatic carbocycles. The number of rotatable bonds is 4. The summed E-state index contributed by atoms with van der Waals surface area (Å²) >= 11 is 1.52. The quantitative estimate of drug-likeness (QED) is 0.927. The predicted octanol–water partition coefficient (Wildman–Crippen LogP) is 3.48. The van der Waals surface area contributed by atoms with E-state index in [9.17, 15) is 4.79 Å². The molecule has 0 atom stereocenters. The van der Waals surface area contributed by atoms with E-state index in [1.165, 1.54) is 11.3 Å². The summed E-state index contributed by atoms with van der Waals surface area (Å²) in [6.45, 7) is 4.56. The molecule has 19 heavy (non-hydrogen) atoms. The van der Waals surface area contributed by atoms with Crippen molar-refractivity contribution in [2.24, 2.45) is 0 Å². The van der Waals surface area contributed by atoms with Gasteiger partial charge in [-0.1, -0.05) is 12.1 Å². The van der Waals surface area contributed by atoms with Crippen LogP contribution in [0.5, 0.6) is 5.75 Å². The normalized spacial score (nSPS) is 10.3. The molecule has 0 aliphatic heterocycles. The Hall–Kier alpha value is -1.81. The highest BCUT2D eigenvalue weighted by Crippen LogP contribution is 2.32. The number of amides is 1. The number of methoxy groups -OCH3 is 1. The SMILES string of the molecule is CCNC(=O)c1sc(C)cc1-c1cccc(OC)c1. The minimum absolute atomic E-state index is 0.0154. The van der Waals surface area contributed by atoms with Gasteiger partial charge in [-0.3, -0.25) is 4.79 Å². The molecule has 3 nitrogen and oxygen atoms in total. The first kappa shape index (κ1) is 13.6. The summed E-state index contributed by atoms with van der Waals surface area (Å²) in [6, 6.07) is 9.82. The van der Waals surface area contributed by atoms with Gasteiger partial charge in [0.15, 0.2) is 0 Å². The number of hydrogen-bond acceptors (Lipinski definition) is 3. The first-order valence-corrected chi connectivity index (χ1v) is 7.00. The Morgan fingerprint density at radius 1 is 1.37 bits per heavy atom. The van der Waals surface area contributed by atoms with E-state index in [1.807, 2.05) is 44.2 Å². The fourth-order valence-corrected chi connectivity index (χ4v) is 2.88. The monoisotopic (exact) mass is 275 g/mol. The Kier molecular flexibility index (Phi) is 4.22. The number of carbonyl (C=O) groups excluding carboxylic acids is 1. The molecular weight excluding hydrogens is 258 g/mol. The zero-order chi connectivity index (χ0) is 13.8. The molecule has 0 saturated heterocycles. The first-order valence-electron chi connectivity index (χ1n) is 6.18. The van der Waals surface area contributed by atoms with Gasteiger partial charge in [0.05, 0.1) is 12.0 Å². The summed E-state index contributed by atoms with van der Waals surface area (Å²) in [7, 11) is 1.64. The largest absolute Gasteiger partial charge is 0.497 e. The number of aryl methyl sites for hydroxylation is 1. The van der Waals surface area contributed by atoms with Crippen molar-refractivity contribution in [1.82, 2.24) is 5.32 Å². The van der Waals surface area contributed by atoms with E-state index in [1.54, 1.807) is 7.11 Å². The molecule has 2 aromatic rings. The highest BCUT2D eigenvalue weighted by Gasteiger charge is 2.16. The second-order valence-electron chi connectivity index (χ2n) is 4.19. The van der Waals surface area contributed by atoms with Crippen LogP contribution in [0, 0.1) is 6.92 Å². The minimum atomic E-state index is -0.0154. The zero-order valence-electron chi connectivity index (χ0n) is 11.3. The molecule has 2 rings (SSSR count). The lowest BCUT2D eigenvalue weighted by Gasteiger charge is -2.06. The Balaban J connectivity index is 2.46. The molecule has 0 aliphatic rings.